The predicted octanol–water partition coefficient (Wildman–Crippen LogP) is 5.47. The largest absolute Gasteiger partial charge is 0.424 e. The molecular formula is C32H38N2O5S. The van der Waals surface area contributed by atoms with Gasteiger partial charge in [0.2, 0.25) is 12.3 Å². The molecule has 8 heteroatoms. The molecule has 212 valence electrons. The Morgan fingerprint density at radius 2 is 1.50 bits per heavy atom. The number of hydrogen-bond donors (Lipinski definition) is 2. The number of ether oxygens (including phenoxy) is 2. The van der Waals surface area contributed by atoms with Crippen LogP contribution >= 0.6 is 11.8 Å². The Kier molecular flexibility index (Phi) is 12.2. The second-order valence-electron chi connectivity index (χ2n) is 9.92. The minimum atomic E-state index is -0.899. The van der Waals surface area contributed by atoms with Gasteiger partial charge in [0.05, 0.1) is 6.61 Å². The molecule has 0 aliphatic rings. The number of carbonyl (C=O) groups excluding carboxylic acids is 3. The van der Waals surface area contributed by atoms with Crippen LogP contribution in [0.5, 0.6) is 5.75 Å². The van der Waals surface area contributed by atoms with Crippen LogP contribution in [-0.2, 0) is 25.7 Å². The molecule has 0 aliphatic heterocycles. The molecule has 0 heterocycles. The summed E-state index contributed by atoms with van der Waals surface area (Å²) in [5.41, 5.74) is 4.20. The number of carbonyl (C=O) groups is 3. The summed E-state index contributed by atoms with van der Waals surface area (Å²) in [5, 5.41) is 5.42. The average molecular weight is 563 g/mol. The molecule has 40 heavy (non-hydrogen) atoms. The molecule has 0 saturated heterocycles. The maximum atomic E-state index is 13.8. The molecule has 3 rings (SSSR count). The Morgan fingerprint density at radius 1 is 0.925 bits per heavy atom. The van der Waals surface area contributed by atoms with E-state index in [1.807, 2.05) is 92.9 Å². The molecule has 0 bridgehead atoms. The molecule has 2 unspecified atom stereocenters. The van der Waals surface area contributed by atoms with Gasteiger partial charge in [0, 0.05) is 18.2 Å². The molecular weight excluding hydrogens is 524 g/mol. The third kappa shape index (κ3) is 8.69. The molecule has 0 fully saturated rings. The van der Waals surface area contributed by atoms with Gasteiger partial charge >= 0.3 is 5.97 Å². The summed E-state index contributed by atoms with van der Waals surface area (Å²) in [6, 6.07) is 21.8. The fraction of sp³-hybridized carbons (Fsp3) is 0.344. The van der Waals surface area contributed by atoms with Gasteiger partial charge in [-0.05, 0) is 59.6 Å². The van der Waals surface area contributed by atoms with Gasteiger partial charge in [0.25, 0.3) is 0 Å². The van der Waals surface area contributed by atoms with E-state index in [1.54, 1.807) is 18.9 Å². The standard InChI is InChI=1S/C32H38N2O5S/c1-22(2)17-29(34-31(36)28(33-21-35)15-16-40-4)32(37)39-30-26(24-11-7-5-8-12-24)18-23(20-38-3)19-27(30)25-13-9-6-10-14-25/h5-14,18-19,21-22,28-29H,15-17,20H2,1-4H3,(H,33,35)(H,34,36). The van der Waals surface area contributed by atoms with Crippen molar-refractivity contribution < 1.29 is 23.9 Å². The van der Waals surface area contributed by atoms with E-state index < -0.39 is 24.0 Å². The van der Waals surface area contributed by atoms with E-state index in [1.165, 1.54) is 0 Å². The number of rotatable bonds is 15. The Bertz CT molecular complexity index is 1190. The van der Waals surface area contributed by atoms with Gasteiger partial charge in [0.15, 0.2) is 0 Å². The highest BCUT2D eigenvalue weighted by molar-refractivity contribution is 7.98. The van der Waals surface area contributed by atoms with Crippen molar-refractivity contribution in [2.75, 3.05) is 19.1 Å². The zero-order chi connectivity index (χ0) is 28.9. The maximum Gasteiger partial charge on any atom is 0.334 e. The first kappa shape index (κ1) is 30.9. The van der Waals surface area contributed by atoms with E-state index in [2.05, 4.69) is 10.6 Å². The molecule has 2 amide bonds. The van der Waals surface area contributed by atoms with E-state index in [9.17, 15) is 14.4 Å². The summed E-state index contributed by atoms with van der Waals surface area (Å²) < 4.78 is 11.7. The Balaban J connectivity index is 2.05. The first-order valence-electron chi connectivity index (χ1n) is 13.3. The summed E-state index contributed by atoms with van der Waals surface area (Å²) in [6.07, 6.45) is 3.28. The van der Waals surface area contributed by atoms with Gasteiger partial charge in [-0.2, -0.15) is 11.8 Å². The summed E-state index contributed by atoms with van der Waals surface area (Å²) in [7, 11) is 1.64. The highest BCUT2D eigenvalue weighted by atomic mass is 32.2. The molecule has 2 N–H and O–H groups in total. The van der Waals surface area contributed by atoms with E-state index >= 15 is 0 Å². The van der Waals surface area contributed by atoms with Crippen molar-refractivity contribution in [1.29, 1.82) is 0 Å². The highest BCUT2D eigenvalue weighted by Gasteiger charge is 2.29. The minimum Gasteiger partial charge on any atom is -0.424 e. The number of thioether (sulfide) groups is 1. The number of benzene rings is 3. The zero-order valence-corrected chi connectivity index (χ0v) is 24.3. The molecule has 3 aromatic rings. The SMILES string of the molecule is COCc1cc(-c2ccccc2)c(OC(=O)C(CC(C)C)NC(=O)C(CCSC)NC=O)c(-c2ccccc2)c1. The number of methoxy groups -OCH3 is 1. The van der Waals surface area contributed by atoms with Gasteiger partial charge in [-0.15, -0.1) is 0 Å². The fourth-order valence-corrected chi connectivity index (χ4v) is 4.92. The van der Waals surface area contributed by atoms with Crippen molar-refractivity contribution >= 4 is 30.0 Å². The van der Waals surface area contributed by atoms with E-state index in [0.29, 0.717) is 37.4 Å². The second kappa shape index (κ2) is 15.8. The molecule has 3 aromatic carbocycles. The van der Waals surface area contributed by atoms with Crippen LogP contribution in [0.4, 0.5) is 0 Å². The van der Waals surface area contributed by atoms with Crippen LogP contribution in [0.3, 0.4) is 0 Å². The Labute approximate surface area is 241 Å². The molecule has 0 spiro atoms. The van der Waals surface area contributed by atoms with Gasteiger partial charge in [-0.3, -0.25) is 9.59 Å². The molecule has 7 nitrogen and oxygen atoms in total. The van der Waals surface area contributed by atoms with Crippen LogP contribution in [0, 0.1) is 5.92 Å². The lowest BCUT2D eigenvalue weighted by atomic mass is 9.94. The summed E-state index contributed by atoms with van der Waals surface area (Å²) in [6.45, 7) is 4.35. The predicted molar refractivity (Wildman–Crippen MR) is 161 cm³/mol. The first-order chi connectivity index (χ1) is 19.4. The fourth-order valence-electron chi connectivity index (χ4n) is 4.45. The van der Waals surface area contributed by atoms with Crippen molar-refractivity contribution in [3.63, 3.8) is 0 Å². The summed E-state index contributed by atoms with van der Waals surface area (Å²) in [4.78, 5) is 38.1. The molecule has 0 aromatic heterocycles. The normalized spacial score (nSPS) is 12.4. The maximum absolute atomic E-state index is 13.8. The van der Waals surface area contributed by atoms with E-state index in [0.717, 1.165) is 27.8 Å². The summed E-state index contributed by atoms with van der Waals surface area (Å²) in [5.74, 6) is 0.229. The van der Waals surface area contributed by atoms with Crippen LogP contribution in [-0.4, -0.2) is 49.5 Å². The quantitative estimate of drug-likeness (QED) is 0.145. The number of amides is 2. The molecule has 0 aliphatic carbocycles. The Hall–Kier alpha value is -3.62. The van der Waals surface area contributed by atoms with Gasteiger partial charge in [-0.25, -0.2) is 4.79 Å². The monoisotopic (exact) mass is 562 g/mol. The molecule has 2 atom stereocenters. The minimum absolute atomic E-state index is 0.104. The smallest absolute Gasteiger partial charge is 0.334 e. The van der Waals surface area contributed by atoms with Crippen LogP contribution in [0.25, 0.3) is 22.3 Å². The van der Waals surface area contributed by atoms with Crippen LogP contribution in [0.1, 0.15) is 32.3 Å². The number of hydrogen-bond acceptors (Lipinski definition) is 6. The van der Waals surface area contributed by atoms with E-state index in [-0.39, 0.29) is 5.92 Å². The first-order valence-corrected chi connectivity index (χ1v) is 14.7. The van der Waals surface area contributed by atoms with Crippen LogP contribution in [0.15, 0.2) is 72.8 Å². The summed E-state index contributed by atoms with van der Waals surface area (Å²) >= 11 is 1.58. The molecule has 0 saturated carbocycles. The second-order valence-corrected chi connectivity index (χ2v) is 10.9. The lowest BCUT2D eigenvalue weighted by Gasteiger charge is -2.24. The lowest BCUT2D eigenvalue weighted by molar-refractivity contribution is -0.140. The average Bonchev–Trinajstić information content (AvgIpc) is 2.96. The lowest BCUT2D eigenvalue weighted by Crippen LogP contribution is -2.51. The van der Waals surface area contributed by atoms with Crippen molar-refractivity contribution in [3.8, 4) is 28.0 Å². The molecule has 0 radical (unpaired) electrons. The van der Waals surface area contributed by atoms with Crippen LogP contribution in [0.2, 0.25) is 0 Å². The van der Waals surface area contributed by atoms with Crippen molar-refractivity contribution in [3.05, 3.63) is 78.4 Å². The van der Waals surface area contributed by atoms with Gasteiger partial charge < -0.3 is 20.1 Å². The van der Waals surface area contributed by atoms with Crippen molar-refractivity contribution in [2.45, 2.75) is 45.4 Å². The van der Waals surface area contributed by atoms with E-state index in [4.69, 9.17) is 9.47 Å². The van der Waals surface area contributed by atoms with Gasteiger partial charge in [-0.1, -0.05) is 74.5 Å². The topological polar surface area (TPSA) is 93.7 Å². The number of nitrogens with one attached hydrogen (secondary N) is 2. The van der Waals surface area contributed by atoms with Crippen molar-refractivity contribution in [2.24, 2.45) is 5.92 Å². The van der Waals surface area contributed by atoms with Crippen molar-refractivity contribution in [1.82, 2.24) is 10.6 Å². The number of esters is 1. The zero-order valence-electron chi connectivity index (χ0n) is 23.5. The van der Waals surface area contributed by atoms with Gasteiger partial charge in [0.1, 0.15) is 17.8 Å². The third-order valence-electron chi connectivity index (χ3n) is 6.34. The Morgan fingerprint density at radius 3 is 1.98 bits per heavy atom. The van der Waals surface area contributed by atoms with Crippen LogP contribution < -0.4 is 15.4 Å². The third-order valence-corrected chi connectivity index (χ3v) is 6.98. The highest BCUT2D eigenvalue weighted by Crippen LogP contribution is 2.41.